The molecule has 6 nitrogen and oxygen atoms in total. The van der Waals surface area contributed by atoms with Crippen molar-refractivity contribution in [1.29, 1.82) is 0 Å². The SMILES string of the molecule is CCN(C)CCN1C(=O)NC(=O)C(C)(C)C1=O. The number of urea groups is 1. The van der Waals surface area contributed by atoms with E-state index in [-0.39, 0.29) is 0 Å². The standard InChI is InChI=1S/C11H19N3O3/c1-5-13(4)6-7-14-9(16)11(2,3)8(15)12-10(14)17/h5-7H2,1-4H3,(H,12,15,17). The zero-order chi connectivity index (χ0) is 13.2. The first-order valence-corrected chi connectivity index (χ1v) is 5.66. The first-order valence-electron chi connectivity index (χ1n) is 5.66. The quantitative estimate of drug-likeness (QED) is 0.706. The van der Waals surface area contributed by atoms with Crippen LogP contribution in [-0.4, -0.2) is 54.3 Å². The van der Waals surface area contributed by atoms with Gasteiger partial charge in [0, 0.05) is 13.1 Å². The van der Waals surface area contributed by atoms with Crippen LogP contribution >= 0.6 is 0 Å². The summed E-state index contributed by atoms with van der Waals surface area (Å²) in [4.78, 5) is 38.1. The average molecular weight is 241 g/mol. The number of hydrogen-bond donors (Lipinski definition) is 1. The molecule has 0 aromatic rings. The molecule has 1 fully saturated rings. The van der Waals surface area contributed by atoms with Crippen LogP contribution in [0.2, 0.25) is 0 Å². The Hall–Kier alpha value is -1.43. The summed E-state index contributed by atoms with van der Waals surface area (Å²) in [7, 11) is 1.91. The van der Waals surface area contributed by atoms with E-state index in [1.165, 1.54) is 13.8 Å². The normalized spacial score (nSPS) is 19.8. The number of hydrogen-bond acceptors (Lipinski definition) is 4. The highest BCUT2D eigenvalue weighted by Gasteiger charge is 2.46. The van der Waals surface area contributed by atoms with Crippen molar-refractivity contribution in [3.05, 3.63) is 0 Å². The van der Waals surface area contributed by atoms with Gasteiger partial charge in [-0.1, -0.05) is 6.92 Å². The molecular formula is C11H19N3O3. The molecule has 0 aromatic heterocycles. The summed E-state index contributed by atoms with van der Waals surface area (Å²) >= 11 is 0. The van der Waals surface area contributed by atoms with E-state index in [0.717, 1.165) is 11.4 Å². The second kappa shape index (κ2) is 4.83. The summed E-state index contributed by atoms with van der Waals surface area (Å²) in [6, 6.07) is -0.621. The zero-order valence-electron chi connectivity index (χ0n) is 10.7. The molecule has 6 heteroatoms. The van der Waals surface area contributed by atoms with E-state index >= 15 is 0 Å². The summed E-state index contributed by atoms with van der Waals surface area (Å²) < 4.78 is 0. The fraction of sp³-hybridized carbons (Fsp3) is 0.727. The number of carbonyl (C=O) groups is 3. The predicted molar refractivity (Wildman–Crippen MR) is 62.2 cm³/mol. The predicted octanol–water partition coefficient (Wildman–Crippen LogP) is 0.0427. The summed E-state index contributed by atoms with van der Waals surface area (Å²) in [5.41, 5.74) is -1.17. The Morgan fingerprint density at radius 1 is 1.29 bits per heavy atom. The Morgan fingerprint density at radius 2 is 1.88 bits per heavy atom. The molecule has 17 heavy (non-hydrogen) atoms. The number of barbiturate groups is 1. The van der Waals surface area contributed by atoms with Crippen molar-refractivity contribution in [2.45, 2.75) is 20.8 Å². The van der Waals surface area contributed by atoms with Gasteiger partial charge in [-0.2, -0.15) is 0 Å². The Balaban J connectivity index is 2.74. The smallest absolute Gasteiger partial charge is 0.305 e. The van der Waals surface area contributed by atoms with E-state index in [9.17, 15) is 14.4 Å². The third-order valence-electron chi connectivity index (χ3n) is 3.06. The van der Waals surface area contributed by atoms with E-state index in [1.807, 2.05) is 18.9 Å². The molecule has 0 aromatic carbocycles. The van der Waals surface area contributed by atoms with Gasteiger partial charge in [0.1, 0.15) is 5.41 Å². The summed E-state index contributed by atoms with van der Waals surface area (Å²) in [5.74, 6) is -0.969. The van der Waals surface area contributed by atoms with Gasteiger partial charge < -0.3 is 4.90 Å². The molecule has 0 saturated carbocycles. The first-order chi connectivity index (χ1) is 7.80. The van der Waals surface area contributed by atoms with Crippen molar-refractivity contribution >= 4 is 17.8 Å². The summed E-state index contributed by atoms with van der Waals surface area (Å²) in [6.07, 6.45) is 0. The van der Waals surface area contributed by atoms with Gasteiger partial charge in [0.05, 0.1) is 0 Å². The number of rotatable bonds is 4. The molecule has 0 spiro atoms. The van der Waals surface area contributed by atoms with E-state index in [4.69, 9.17) is 0 Å². The van der Waals surface area contributed by atoms with Gasteiger partial charge in [-0.15, -0.1) is 0 Å². The Labute approximate surface area is 101 Å². The Morgan fingerprint density at radius 3 is 2.41 bits per heavy atom. The fourth-order valence-corrected chi connectivity index (χ4v) is 1.48. The molecule has 0 atom stereocenters. The van der Waals surface area contributed by atoms with Crippen LogP contribution in [0.4, 0.5) is 4.79 Å². The molecular weight excluding hydrogens is 222 g/mol. The van der Waals surface area contributed by atoms with Crippen LogP contribution in [0.25, 0.3) is 0 Å². The van der Waals surface area contributed by atoms with Crippen LogP contribution in [0.1, 0.15) is 20.8 Å². The minimum absolute atomic E-state index is 0.297. The van der Waals surface area contributed by atoms with Crippen LogP contribution in [0, 0.1) is 5.41 Å². The fourth-order valence-electron chi connectivity index (χ4n) is 1.48. The van der Waals surface area contributed by atoms with Gasteiger partial charge >= 0.3 is 6.03 Å². The van der Waals surface area contributed by atoms with Crippen LogP contribution in [0.15, 0.2) is 0 Å². The molecule has 1 heterocycles. The van der Waals surface area contributed by atoms with Gasteiger partial charge in [-0.05, 0) is 27.4 Å². The second-order valence-corrected chi connectivity index (χ2v) is 4.74. The third kappa shape index (κ3) is 2.63. The van der Waals surface area contributed by atoms with Crippen LogP contribution < -0.4 is 5.32 Å². The summed E-state index contributed by atoms with van der Waals surface area (Å²) in [6.45, 7) is 6.77. The second-order valence-electron chi connectivity index (χ2n) is 4.74. The molecule has 96 valence electrons. The number of likely N-dealkylation sites (N-methyl/N-ethyl adjacent to an activating group) is 1. The molecule has 1 rings (SSSR count). The molecule has 1 aliphatic rings. The minimum atomic E-state index is -1.17. The lowest BCUT2D eigenvalue weighted by atomic mass is 9.89. The van der Waals surface area contributed by atoms with Crippen molar-refractivity contribution in [1.82, 2.24) is 15.1 Å². The maximum absolute atomic E-state index is 12.0. The van der Waals surface area contributed by atoms with Crippen molar-refractivity contribution in [3.63, 3.8) is 0 Å². The van der Waals surface area contributed by atoms with Gasteiger partial charge in [0.15, 0.2) is 0 Å². The van der Waals surface area contributed by atoms with Crippen molar-refractivity contribution in [3.8, 4) is 0 Å². The number of amides is 4. The van der Waals surface area contributed by atoms with Gasteiger partial charge in [-0.25, -0.2) is 4.79 Å². The van der Waals surface area contributed by atoms with Crippen molar-refractivity contribution in [2.24, 2.45) is 5.41 Å². The van der Waals surface area contributed by atoms with Crippen LogP contribution in [-0.2, 0) is 9.59 Å². The molecule has 0 bridgehead atoms. The highest BCUT2D eigenvalue weighted by molar-refractivity contribution is 6.18. The number of nitrogens with one attached hydrogen (secondary N) is 1. The molecule has 0 unspecified atom stereocenters. The number of carbonyl (C=O) groups excluding carboxylic acids is 3. The molecule has 1 N–H and O–H groups in total. The lowest BCUT2D eigenvalue weighted by molar-refractivity contribution is -0.149. The highest BCUT2D eigenvalue weighted by atomic mass is 16.2. The van der Waals surface area contributed by atoms with E-state index in [1.54, 1.807) is 0 Å². The van der Waals surface area contributed by atoms with Crippen LogP contribution in [0.3, 0.4) is 0 Å². The largest absolute Gasteiger partial charge is 0.330 e. The van der Waals surface area contributed by atoms with Crippen LogP contribution in [0.5, 0.6) is 0 Å². The van der Waals surface area contributed by atoms with Crippen molar-refractivity contribution < 1.29 is 14.4 Å². The van der Waals surface area contributed by atoms with E-state index in [0.29, 0.717) is 13.1 Å². The minimum Gasteiger partial charge on any atom is -0.305 e. The zero-order valence-corrected chi connectivity index (χ0v) is 10.7. The van der Waals surface area contributed by atoms with Gasteiger partial charge in [0.2, 0.25) is 11.8 Å². The molecule has 0 radical (unpaired) electrons. The topological polar surface area (TPSA) is 69.7 Å². The lowest BCUT2D eigenvalue weighted by Crippen LogP contribution is -2.62. The van der Waals surface area contributed by atoms with E-state index in [2.05, 4.69) is 5.32 Å². The average Bonchev–Trinajstić information content (AvgIpc) is 2.26. The monoisotopic (exact) mass is 241 g/mol. The Kier molecular flexibility index (Phi) is 3.87. The maximum Gasteiger partial charge on any atom is 0.330 e. The third-order valence-corrected chi connectivity index (χ3v) is 3.06. The first kappa shape index (κ1) is 13.6. The molecule has 1 aliphatic heterocycles. The summed E-state index contributed by atoms with van der Waals surface area (Å²) in [5, 5.41) is 2.20. The number of imide groups is 2. The Bertz CT molecular complexity index is 352. The van der Waals surface area contributed by atoms with E-state index < -0.39 is 23.3 Å². The number of nitrogens with zero attached hydrogens (tertiary/aromatic N) is 2. The lowest BCUT2D eigenvalue weighted by Gasteiger charge is -2.35. The molecule has 1 saturated heterocycles. The van der Waals surface area contributed by atoms with Gasteiger partial charge in [-0.3, -0.25) is 19.8 Å². The molecule has 4 amide bonds. The molecule has 0 aliphatic carbocycles. The van der Waals surface area contributed by atoms with Crippen molar-refractivity contribution in [2.75, 3.05) is 26.7 Å². The van der Waals surface area contributed by atoms with Gasteiger partial charge in [0.25, 0.3) is 0 Å². The highest BCUT2D eigenvalue weighted by Crippen LogP contribution is 2.22. The maximum atomic E-state index is 12.0.